The molecule has 2 N–H and O–H groups in total. The molecule has 2 aromatic rings. The van der Waals surface area contributed by atoms with Gasteiger partial charge in [0.2, 0.25) is 11.8 Å². The van der Waals surface area contributed by atoms with Crippen molar-refractivity contribution in [3.63, 3.8) is 0 Å². The summed E-state index contributed by atoms with van der Waals surface area (Å²) in [5.41, 5.74) is 1.53. The first kappa shape index (κ1) is 24.6. The number of amides is 2. The van der Waals surface area contributed by atoms with E-state index in [1.165, 1.54) is 37.4 Å². The Balaban J connectivity index is 1.30. The maximum Gasteiger partial charge on any atom is 0.414 e. The van der Waals surface area contributed by atoms with Crippen molar-refractivity contribution in [1.82, 2.24) is 15.2 Å². The minimum absolute atomic E-state index is 0.0745. The van der Waals surface area contributed by atoms with Crippen LogP contribution in [-0.4, -0.2) is 46.5 Å². The number of carbonyl (C=O) groups excluding carboxylic acids is 2. The fourth-order valence-corrected chi connectivity index (χ4v) is 6.67. The van der Waals surface area contributed by atoms with E-state index >= 15 is 0 Å². The monoisotopic (exact) mass is 500 g/mol. The lowest BCUT2D eigenvalue weighted by molar-refractivity contribution is -0.215. The summed E-state index contributed by atoms with van der Waals surface area (Å²) in [7, 11) is 1.19. The van der Waals surface area contributed by atoms with E-state index in [2.05, 4.69) is 41.6 Å². The summed E-state index contributed by atoms with van der Waals surface area (Å²) in [5.74, 6) is -0.744. The number of pyridine rings is 1. The molecule has 2 amide bonds. The van der Waals surface area contributed by atoms with Gasteiger partial charge in [-0.05, 0) is 48.9 Å². The van der Waals surface area contributed by atoms with Gasteiger partial charge in [-0.2, -0.15) is 13.2 Å². The summed E-state index contributed by atoms with van der Waals surface area (Å²) < 4.78 is 42.5. The first-order chi connectivity index (χ1) is 16.8. The molecule has 1 aromatic heterocycles. The van der Waals surface area contributed by atoms with E-state index in [9.17, 15) is 22.8 Å². The standard InChI is InChI=1S/C27H31F3N4O2/c1-16(35)33-26-13-25(14-26,15-26)23(36)34(4)22(27(28,29)30)20-10-9-18(12-31-20)32-21-11-17-7-5-6-8-19(17)24(21,2)3/h5-10,12,21-22,32H,11,13-15H2,1-4H3,(H,33,35)/t21?,22-,25?,26?/m0/s1. The van der Waals surface area contributed by atoms with E-state index in [1.807, 2.05) is 12.1 Å². The number of anilines is 1. The zero-order valence-corrected chi connectivity index (χ0v) is 20.9. The van der Waals surface area contributed by atoms with Crippen molar-refractivity contribution < 1.29 is 22.8 Å². The van der Waals surface area contributed by atoms with Crippen molar-refractivity contribution in [2.75, 3.05) is 12.4 Å². The maximum absolute atomic E-state index is 14.2. The van der Waals surface area contributed by atoms with Crippen LogP contribution in [0.15, 0.2) is 42.6 Å². The second-order valence-electron chi connectivity index (χ2n) is 11.4. The Morgan fingerprint density at radius 1 is 1.11 bits per heavy atom. The predicted molar refractivity (Wildman–Crippen MR) is 129 cm³/mol. The van der Waals surface area contributed by atoms with E-state index in [1.54, 1.807) is 6.07 Å². The summed E-state index contributed by atoms with van der Waals surface area (Å²) >= 11 is 0. The largest absolute Gasteiger partial charge is 0.414 e. The van der Waals surface area contributed by atoms with E-state index in [0.717, 1.165) is 11.3 Å². The Morgan fingerprint density at radius 2 is 1.78 bits per heavy atom. The molecule has 6 nitrogen and oxygen atoms in total. The first-order valence-electron chi connectivity index (χ1n) is 12.2. The molecular formula is C27H31F3N4O2. The molecule has 3 fully saturated rings. The van der Waals surface area contributed by atoms with E-state index in [0.29, 0.717) is 24.9 Å². The molecule has 36 heavy (non-hydrogen) atoms. The summed E-state index contributed by atoms with van der Waals surface area (Å²) in [6.07, 6.45) is -1.32. The van der Waals surface area contributed by atoms with Gasteiger partial charge in [-0.1, -0.05) is 38.1 Å². The van der Waals surface area contributed by atoms with Gasteiger partial charge in [0, 0.05) is 31.0 Å². The molecule has 0 radical (unpaired) electrons. The quantitative estimate of drug-likeness (QED) is 0.612. The molecule has 0 spiro atoms. The summed E-state index contributed by atoms with van der Waals surface area (Å²) in [4.78, 5) is 29.4. The number of alkyl halides is 3. The molecular weight excluding hydrogens is 469 g/mol. The smallest absolute Gasteiger partial charge is 0.380 e. The predicted octanol–water partition coefficient (Wildman–Crippen LogP) is 4.52. The van der Waals surface area contributed by atoms with Crippen molar-refractivity contribution in [1.29, 1.82) is 0 Å². The lowest BCUT2D eigenvalue weighted by Gasteiger charge is -2.69. The molecule has 1 unspecified atom stereocenters. The minimum Gasteiger partial charge on any atom is -0.380 e. The Labute approximate surface area is 208 Å². The first-order valence-corrected chi connectivity index (χ1v) is 12.2. The van der Waals surface area contributed by atoms with Crippen molar-refractivity contribution in [3.05, 3.63) is 59.4 Å². The Morgan fingerprint density at radius 3 is 2.33 bits per heavy atom. The zero-order valence-electron chi connectivity index (χ0n) is 20.9. The van der Waals surface area contributed by atoms with Gasteiger partial charge in [-0.3, -0.25) is 14.6 Å². The number of benzene rings is 1. The van der Waals surface area contributed by atoms with E-state index < -0.39 is 29.1 Å². The van der Waals surface area contributed by atoms with Gasteiger partial charge >= 0.3 is 6.18 Å². The van der Waals surface area contributed by atoms with Gasteiger partial charge in [-0.25, -0.2) is 0 Å². The molecule has 192 valence electrons. The van der Waals surface area contributed by atoms with Crippen molar-refractivity contribution >= 4 is 17.5 Å². The molecule has 4 aliphatic rings. The van der Waals surface area contributed by atoms with Crippen LogP contribution in [0.5, 0.6) is 0 Å². The Kier molecular flexibility index (Phi) is 5.43. The van der Waals surface area contributed by atoms with Gasteiger partial charge in [0.05, 0.1) is 23.0 Å². The maximum atomic E-state index is 14.2. The minimum atomic E-state index is -4.68. The highest BCUT2D eigenvalue weighted by Crippen LogP contribution is 2.68. The van der Waals surface area contributed by atoms with Crippen LogP contribution >= 0.6 is 0 Å². The van der Waals surface area contributed by atoms with Crippen molar-refractivity contribution in [3.8, 4) is 0 Å². The number of fused-ring (bicyclic) bond motifs is 1. The van der Waals surface area contributed by atoms with Crippen LogP contribution < -0.4 is 10.6 Å². The molecule has 2 atom stereocenters. The molecule has 6 rings (SSSR count). The molecule has 1 aromatic carbocycles. The zero-order chi connectivity index (χ0) is 26.1. The Bertz CT molecular complexity index is 1190. The van der Waals surface area contributed by atoms with Gasteiger partial charge in [-0.15, -0.1) is 0 Å². The van der Waals surface area contributed by atoms with Gasteiger partial charge in [0.15, 0.2) is 6.04 Å². The highest BCUT2D eigenvalue weighted by molar-refractivity contribution is 5.88. The topological polar surface area (TPSA) is 74.3 Å². The van der Waals surface area contributed by atoms with Crippen LogP contribution in [0.4, 0.5) is 18.9 Å². The number of rotatable bonds is 6. The molecule has 2 bridgehead atoms. The van der Waals surface area contributed by atoms with Crippen LogP contribution in [0.25, 0.3) is 0 Å². The molecule has 4 aliphatic carbocycles. The molecule has 1 heterocycles. The third-order valence-corrected chi connectivity index (χ3v) is 8.36. The fraction of sp³-hybridized carbons (Fsp3) is 0.519. The normalized spacial score (nSPS) is 28.2. The van der Waals surface area contributed by atoms with E-state index in [-0.39, 0.29) is 23.1 Å². The van der Waals surface area contributed by atoms with Gasteiger partial charge in [0.25, 0.3) is 0 Å². The van der Waals surface area contributed by atoms with Crippen LogP contribution in [0, 0.1) is 5.41 Å². The number of nitrogens with one attached hydrogen (secondary N) is 2. The fourth-order valence-electron chi connectivity index (χ4n) is 6.67. The highest BCUT2D eigenvalue weighted by atomic mass is 19.4. The summed E-state index contributed by atoms with van der Waals surface area (Å²) in [6, 6.07) is 9.12. The third-order valence-electron chi connectivity index (χ3n) is 8.36. The van der Waals surface area contributed by atoms with Gasteiger partial charge in [0.1, 0.15) is 0 Å². The second kappa shape index (κ2) is 7.95. The van der Waals surface area contributed by atoms with Crippen LogP contribution in [0.2, 0.25) is 0 Å². The SMILES string of the molecule is CC(=O)NC12CC(C(=O)N(C)[C@@H](c3ccc(NC4Cc5ccccc5C4(C)C)cn3)C(F)(F)F)(C1)C2. The highest BCUT2D eigenvalue weighted by Gasteiger charge is 2.73. The van der Waals surface area contributed by atoms with Gasteiger partial charge < -0.3 is 15.5 Å². The molecule has 0 saturated heterocycles. The number of nitrogens with zero attached hydrogens (tertiary/aromatic N) is 2. The number of aromatic nitrogens is 1. The molecule has 9 heteroatoms. The number of carbonyl (C=O) groups is 2. The summed E-state index contributed by atoms with van der Waals surface area (Å²) in [5, 5.41) is 6.27. The number of hydrogen-bond acceptors (Lipinski definition) is 4. The van der Waals surface area contributed by atoms with Crippen molar-refractivity contribution in [2.45, 2.75) is 75.7 Å². The average molecular weight is 501 g/mol. The average Bonchev–Trinajstić information content (AvgIpc) is 2.99. The Hall–Kier alpha value is -3.10. The van der Waals surface area contributed by atoms with Crippen LogP contribution in [0.3, 0.4) is 0 Å². The van der Waals surface area contributed by atoms with E-state index in [4.69, 9.17) is 0 Å². The lowest BCUT2D eigenvalue weighted by atomic mass is 9.39. The second-order valence-corrected chi connectivity index (χ2v) is 11.4. The number of hydrogen-bond donors (Lipinski definition) is 2. The van der Waals surface area contributed by atoms with Crippen molar-refractivity contribution in [2.24, 2.45) is 5.41 Å². The summed E-state index contributed by atoms with van der Waals surface area (Å²) in [6.45, 7) is 5.70. The number of halogens is 3. The van der Waals surface area contributed by atoms with Crippen LogP contribution in [0.1, 0.15) is 62.9 Å². The van der Waals surface area contributed by atoms with Crippen LogP contribution in [-0.2, 0) is 21.4 Å². The lowest BCUT2D eigenvalue weighted by Crippen LogP contribution is -2.78. The third kappa shape index (κ3) is 3.83. The molecule has 0 aliphatic heterocycles. The molecule has 3 saturated carbocycles.